The van der Waals surface area contributed by atoms with Crippen LogP contribution in [-0.4, -0.2) is 29.7 Å². The van der Waals surface area contributed by atoms with Crippen LogP contribution in [0.25, 0.3) is 6.08 Å². The Bertz CT molecular complexity index is 1570. The third-order valence-corrected chi connectivity index (χ3v) is 6.49. The Kier molecular flexibility index (Phi) is 7.83. The molecule has 0 saturated heterocycles. The lowest BCUT2D eigenvalue weighted by Gasteiger charge is -2.24. The van der Waals surface area contributed by atoms with E-state index in [1.165, 1.54) is 28.9 Å². The number of allylic oxidation sites excluding steroid dienone is 1. The maximum Gasteiger partial charge on any atom is 0.338 e. The first-order chi connectivity index (χ1) is 17.8. The summed E-state index contributed by atoms with van der Waals surface area (Å²) in [6.45, 7) is 8.90. The number of rotatable bonds is 8. The molecular weight excluding hydrogens is 492 g/mol. The largest absolute Gasteiger partial charge is 0.490 e. The second-order valence-electron chi connectivity index (χ2n) is 8.11. The summed E-state index contributed by atoms with van der Waals surface area (Å²) in [4.78, 5) is 43.2. The molecule has 0 aliphatic carbocycles. The number of benzene rings is 2. The van der Waals surface area contributed by atoms with Crippen molar-refractivity contribution in [2.24, 2.45) is 4.99 Å². The molecule has 4 rings (SSSR count). The normalized spacial score (nSPS) is 15.0. The molecule has 37 heavy (non-hydrogen) atoms. The number of hydrogen-bond donors (Lipinski definition) is 0. The lowest BCUT2D eigenvalue weighted by molar-refractivity contribution is -0.138. The molecule has 0 bridgehead atoms. The molecule has 3 aromatic rings. The molecule has 1 aliphatic heterocycles. The van der Waals surface area contributed by atoms with E-state index in [1.54, 1.807) is 31.2 Å². The Morgan fingerprint density at radius 1 is 1.16 bits per heavy atom. The number of esters is 2. The van der Waals surface area contributed by atoms with Crippen LogP contribution < -0.4 is 24.4 Å². The summed E-state index contributed by atoms with van der Waals surface area (Å²) in [5.74, 6) is -0.313. The summed E-state index contributed by atoms with van der Waals surface area (Å²) in [6.07, 6.45) is 3.21. The molecular formula is C28H26N2O6S. The number of carbonyl (C=O) groups is 2. The summed E-state index contributed by atoms with van der Waals surface area (Å²) >= 11 is 1.22. The zero-order valence-electron chi connectivity index (χ0n) is 20.7. The molecule has 190 valence electrons. The molecule has 8 nitrogen and oxygen atoms in total. The van der Waals surface area contributed by atoms with E-state index in [0.29, 0.717) is 44.3 Å². The number of thiazole rings is 1. The van der Waals surface area contributed by atoms with Gasteiger partial charge in [0.05, 0.1) is 28.5 Å². The topological polar surface area (TPSA) is 96.2 Å². The van der Waals surface area contributed by atoms with E-state index in [0.717, 1.165) is 5.56 Å². The molecule has 0 radical (unpaired) electrons. The lowest BCUT2D eigenvalue weighted by Crippen LogP contribution is -2.39. The minimum Gasteiger partial charge on any atom is -0.490 e. The summed E-state index contributed by atoms with van der Waals surface area (Å²) in [5.41, 5.74) is 1.94. The van der Waals surface area contributed by atoms with Gasteiger partial charge >= 0.3 is 11.9 Å². The maximum atomic E-state index is 13.7. The standard InChI is InChI=1S/C28H26N2O6S/c1-5-14-35-27(33)24-17(3)29-28-30(25(24)20-10-8-7-9-11-20)26(32)23(37-28)16-19-12-13-21(36-18(4)31)22(15-19)34-6-2/h5,7-13,15-16,25H,1,6,14H2,2-4H3/b23-16-. The monoisotopic (exact) mass is 518 g/mol. The third-order valence-electron chi connectivity index (χ3n) is 5.51. The van der Waals surface area contributed by atoms with Crippen molar-refractivity contribution in [1.82, 2.24) is 4.57 Å². The first kappa shape index (κ1) is 25.8. The summed E-state index contributed by atoms with van der Waals surface area (Å²) in [5, 5.41) is 0. The summed E-state index contributed by atoms with van der Waals surface area (Å²) in [7, 11) is 0. The SMILES string of the molecule is C=CCOC(=O)C1=C(C)N=c2s/c(=C\c3ccc(OC(C)=O)c(OCC)c3)c(=O)n2C1c1ccccc1. The second kappa shape index (κ2) is 11.2. The van der Waals surface area contributed by atoms with Gasteiger partial charge in [-0.15, -0.1) is 0 Å². The van der Waals surface area contributed by atoms with Crippen LogP contribution >= 0.6 is 11.3 Å². The number of nitrogens with zero attached hydrogens (tertiary/aromatic N) is 2. The van der Waals surface area contributed by atoms with E-state index >= 15 is 0 Å². The lowest BCUT2D eigenvalue weighted by atomic mass is 9.96. The Morgan fingerprint density at radius 3 is 2.59 bits per heavy atom. The smallest absolute Gasteiger partial charge is 0.338 e. The quantitative estimate of drug-likeness (QED) is 0.258. The average molecular weight is 519 g/mol. The average Bonchev–Trinajstić information content (AvgIpc) is 3.17. The highest BCUT2D eigenvalue weighted by atomic mass is 32.1. The molecule has 2 aromatic carbocycles. The number of ether oxygens (including phenoxy) is 3. The van der Waals surface area contributed by atoms with Gasteiger partial charge in [0.25, 0.3) is 5.56 Å². The van der Waals surface area contributed by atoms with Crippen molar-refractivity contribution < 1.29 is 23.8 Å². The van der Waals surface area contributed by atoms with Crippen LogP contribution in [0.2, 0.25) is 0 Å². The highest BCUT2D eigenvalue weighted by Gasteiger charge is 2.33. The van der Waals surface area contributed by atoms with Crippen molar-refractivity contribution in [1.29, 1.82) is 0 Å². The van der Waals surface area contributed by atoms with Crippen LogP contribution in [-0.2, 0) is 14.3 Å². The van der Waals surface area contributed by atoms with Crippen molar-refractivity contribution in [2.75, 3.05) is 13.2 Å². The summed E-state index contributed by atoms with van der Waals surface area (Å²) in [6, 6.07) is 13.7. The van der Waals surface area contributed by atoms with Gasteiger partial charge in [0.1, 0.15) is 6.61 Å². The van der Waals surface area contributed by atoms with Gasteiger partial charge in [-0.1, -0.05) is 60.4 Å². The van der Waals surface area contributed by atoms with Crippen LogP contribution in [0.1, 0.15) is 37.9 Å². The van der Waals surface area contributed by atoms with Gasteiger partial charge < -0.3 is 14.2 Å². The fourth-order valence-electron chi connectivity index (χ4n) is 4.02. The van der Waals surface area contributed by atoms with Gasteiger partial charge in [-0.05, 0) is 43.2 Å². The van der Waals surface area contributed by atoms with Crippen LogP contribution in [0.3, 0.4) is 0 Å². The fourth-order valence-corrected chi connectivity index (χ4v) is 5.07. The molecule has 1 atom stereocenters. The van der Waals surface area contributed by atoms with Gasteiger partial charge in [-0.25, -0.2) is 9.79 Å². The summed E-state index contributed by atoms with van der Waals surface area (Å²) < 4.78 is 18.1. The van der Waals surface area contributed by atoms with E-state index < -0.39 is 18.0 Å². The van der Waals surface area contributed by atoms with Gasteiger partial charge in [0.2, 0.25) is 0 Å². The zero-order chi connectivity index (χ0) is 26.5. The van der Waals surface area contributed by atoms with Crippen LogP contribution in [0.5, 0.6) is 11.5 Å². The van der Waals surface area contributed by atoms with E-state index in [-0.39, 0.29) is 12.2 Å². The number of fused-ring (bicyclic) bond motifs is 1. The van der Waals surface area contributed by atoms with E-state index in [4.69, 9.17) is 14.2 Å². The Labute approximate surface area is 217 Å². The van der Waals surface area contributed by atoms with E-state index in [9.17, 15) is 14.4 Å². The predicted molar refractivity (Wildman–Crippen MR) is 140 cm³/mol. The Hall–Kier alpha value is -4.24. The van der Waals surface area contributed by atoms with E-state index in [1.807, 2.05) is 37.3 Å². The number of hydrogen-bond acceptors (Lipinski definition) is 8. The van der Waals surface area contributed by atoms with Crippen LogP contribution in [0, 0.1) is 0 Å². The van der Waals surface area contributed by atoms with Crippen molar-refractivity contribution in [3.8, 4) is 11.5 Å². The maximum absolute atomic E-state index is 13.7. The minimum absolute atomic E-state index is 0.0487. The van der Waals surface area contributed by atoms with Crippen molar-refractivity contribution in [3.63, 3.8) is 0 Å². The number of carbonyl (C=O) groups excluding carboxylic acids is 2. The molecule has 2 heterocycles. The molecule has 0 saturated carbocycles. The molecule has 0 amide bonds. The zero-order valence-corrected chi connectivity index (χ0v) is 21.5. The Balaban J connectivity index is 1.86. The van der Waals surface area contributed by atoms with Crippen molar-refractivity contribution >= 4 is 29.4 Å². The molecule has 1 unspecified atom stereocenters. The minimum atomic E-state index is -0.692. The molecule has 9 heteroatoms. The third kappa shape index (κ3) is 5.46. The molecule has 0 fully saturated rings. The van der Waals surface area contributed by atoms with Crippen molar-refractivity contribution in [3.05, 3.63) is 103 Å². The number of aromatic nitrogens is 1. The van der Waals surface area contributed by atoms with Crippen molar-refractivity contribution in [2.45, 2.75) is 26.8 Å². The van der Waals surface area contributed by atoms with Gasteiger partial charge in [-0.3, -0.25) is 14.2 Å². The fraction of sp³-hybridized carbons (Fsp3) is 0.214. The predicted octanol–water partition coefficient (Wildman–Crippen LogP) is 3.29. The first-order valence-electron chi connectivity index (χ1n) is 11.6. The second-order valence-corrected chi connectivity index (χ2v) is 9.12. The highest BCUT2D eigenvalue weighted by Crippen LogP contribution is 2.31. The van der Waals surface area contributed by atoms with Gasteiger partial charge in [0.15, 0.2) is 16.3 Å². The Morgan fingerprint density at radius 2 is 1.92 bits per heavy atom. The van der Waals surface area contributed by atoms with Gasteiger partial charge in [0, 0.05) is 6.92 Å². The van der Waals surface area contributed by atoms with Gasteiger partial charge in [-0.2, -0.15) is 0 Å². The molecule has 0 N–H and O–H groups in total. The molecule has 1 aliphatic rings. The highest BCUT2D eigenvalue weighted by molar-refractivity contribution is 7.07. The molecule has 1 aromatic heterocycles. The first-order valence-corrected chi connectivity index (χ1v) is 12.5. The molecule has 0 spiro atoms. The van der Waals surface area contributed by atoms with Crippen LogP contribution in [0.4, 0.5) is 0 Å². The van der Waals surface area contributed by atoms with Crippen LogP contribution in [0.15, 0.2) is 82.2 Å². The van der Waals surface area contributed by atoms with E-state index in [2.05, 4.69) is 11.6 Å².